The standard InChI is InChI=1S/C25H35NO/c1-23(2,3)18-9-13-20(14-10-18)25(27,22-8-7-17-26-22)21-15-11-19(12-16-21)24(4,5)6/h9-16,22,26-27H,7-8,17H2,1-6H3/t22-/m1/s1. The third kappa shape index (κ3) is 3.97. The number of rotatable bonds is 3. The summed E-state index contributed by atoms with van der Waals surface area (Å²) in [5, 5.41) is 15.5. The largest absolute Gasteiger partial charge is 0.379 e. The minimum absolute atomic E-state index is 0.0403. The molecule has 1 saturated heterocycles. The minimum Gasteiger partial charge on any atom is -0.379 e. The van der Waals surface area contributed by atoms with E-state index in [2.05, 4.69) is 95.4 Å². The van der Waals surface area contributed by atoms with Gasteiger partial charge in [0, 0.05) is 6.04 Å². The lowest BCUT2D eigenvalue weighted by atomic mass is 9.77. The molecule has 2 nitrogen and oxygen atoms in total. The lowest BCUT2D eigenvalue weighted by Gasteiger charge is -2.36. The summed E-state index contributed by atoms with van der Waals surface area (Å²) in [7, 11) is 0. The first-order valence-corrected chi connectivity index (χ1v) is 10.2. The number of hydrogen-bond acceptors (Lipinski definition) is 2. The summed E-state index contributed by atoms with van der Waals surface area (Å²) < 4.78 is 0. The van der Waals surface area contributed by atoms with Crippen LogP contribution in [0.3, 0.4) is 0 Å². The van der Waals surface area contributed by atoms with Gasteiger partial charge >= 0.3 is 0 Å². The molecular weight excluding hydrogens is 330 g/mol. The number of aliphatic hydroxyl groups is 1. The van der Waals surface area contributed by atoms with E-state index in [1.54, 1.807) is 0 Å². The molecule has 0 radical (unpaired) electrons. The Morgan fingerprint density at radius 2 is 1.07 bits per heavy atom. The Labute approximate surface area is 165 Å². The molecule has 0 spiro atoms. The fraction of sp³-hybridized carbons (Fsp3) is 0.520. The van der Waals surface area contributed by atoms with Crippen molar-refractivity contribution in [2.75, 3.05) is 6.54 Å². The summed E-state index contributed by atoms with van der Waals surface area (Å²) >= 11 is 0. The predicted molar refractivity (Wildman–Crippen MR) is 114 cm³/mol. The van der Waals surface area contributed by atoms with Gasteiger partial charge in [0.05, 0.1) is 0 Å². The van der Waals surface area contributed by atoms with E-state index in [1.165, 1.54) is 11.1 Å². The summed E-state index contributed by atoms with van der Waals surface area (Å²) in [5.74, 6) is 0. The molecule has 27 heavy (non-hydrogen) atoms. The molecule has 2 N–H and O–H groups in total. The van der Waals surface area contributed by atoms with E-state index in [-0.39, 0.29) is 16.9 Å². The Kier molecular flexibility index (Phi) is 5.26. The van der Waals surface area contributed by atoms with Crippen LogP contribution < -0.4 is 5.32 Å². The lowest BCUT2D eigenvalue weighted by molar-refractivity contribution is 0.0442. The molecule has 2 aromatic rings. The molecule has 1 aliphatic rings. The van der Waals surface area contributed by atoms with Crippen LogP contribution >= 0.6 is 0 Å². The molecule has 0 unspecified atom stereocenters. The molecule has 2 aromatic carbocycles. The van der Waals surface area contributed by atoms with Crippen molar-refractivity contribution in [2.45, 2.75) is 76.9 Å². The highest BCUT2D eigenvalue weighted by atomic mass is 16.3. The van der Waals surface area contributed by atoms with Crippen LogP contribution in [0.4, 0.5) is 0 Å². The van der Waals surface area contributed by atoms with Crippen molar-refractivity contribution in [3.8, 4) is 0 Å². The molecule has 1 aliphatic heterocycles. The summed E-state index contributed by atoms with van der Waals surface area (Å²) in [4.78, 5) is 0. The minimum atomic E-state index is -1.01. The Morgan fingerprint density at radius 1 is 0.704 bits per heavy atom. The van der Waals surface area contributed by atoms with E-state index < -0.39 is 5.60 Å². The van der Waals surface area contributed by atoms with Crippen molar-refractivity contribution in [2.24, 2.45) is 0 Å². The third-order valence-corrected chi connectivity index (χ3v) is 5.95. The van der Waals surface area contributed by atoms with Crippen molar-refractivity contribution < 1.29 is 5.11 Å². The molecule has 0 aromatic heterocycles. The highest BCUT2D eigenvalue weighted by Gasteiger charge is 2.41. The SMILES string of the molecule is CC(C)(C)c1ccc(C(O)(c2ccc(C(C)(C)C)cc2)[C@H]2CCCN2)cc1. The second-order valence-corrected chi connectivity index (χ2v) is 10.1. The molecule has 0 saturated carbocycles. The van der Waals surface area contributed by atoms with Crippen molar-refractivity contribution in [3.05, 3.63) is 70.8 Å². The fourth-order valence-electron chi connectivity index (χ4n) is 4.06. The Morgan fingerprint density at radius 3 is 1.37 bits per heavy atom. The molecule has 1 atom stereocenters. The van der Waals surface area contributed by atoms with E-state index in [0.717, 1.165) is 30.5 Å². The zero-order valence-corrected chi connectivity index (χ0v) is 17.8. The first-order valence-electron chi connectivity index (χ1n) is 10.2. The molecule has 1 fully saturated rings. The van der Waals surface area contributed by atoms with Gasteiger partial charge in [-0.2, -0.15) is 0 Å². The maximum absolute atomic E-state index is 12.0. The van der Waals surface area contributed by atoms with Gasteiger partial charge in [0.1, 0.15) is 5.60 Å². The summed E-state index contributed by atoms with van der Waals surface area (Å²) in [5.41, 5.74) is 3.72. The number of hydrogen-bond donors (Lipinski definition) is 2. The summed E-state index contributed by atoms with van der Waals surface area (Å²) in [6.07, 6.45) is 2.09. The molecule has 0 amide bonds. The van der Waals surface area contributed by atoms with Crippen molar-refractivity contribution in [3.63, 3.8) is 0 Å². The van der Waals surface area contributed by atoms with E-state index in [9.17, 15) is 5.11 Å². The van der Waals surface area contributed by atoms with E-state index in [4.69, 9.17) is 0 Å². The Bertz CT molecular complexity index is 696. The molecule has 1 heterocycles. The smallest absolute Gasteiger partial charge is 0.130 e. The predicted octanol–water partition coefficient (Wildman–Crippen LogP) is 5.27. The third-order valence-electron chi connectivity index (χ3n) is 5.95. The molecule has 2 heteroatoms. The van der Waals surface area contributed by atoms with Gasteiger partial charge in [-0.1, -0.05) is 90.1 Å². The zero-order chi connectivity index (χ0) is 19.9. The van der Waals surface area contributed by atoms with Crippen molar-refractivity contribution in [1.82, 2.24) is 5.32 Å². The van der Waals surface area contributed by atoms with Crippen LogP contribution in [0.2, 0.25) is 0 Å². The maximum atomic E-state index is 12.0. The molecular formula is C25H35NO. The van der Waals surface area contributed by atoms with Crippen LogP contribution in [0.15, 0.2) is 48.5 Å². The Hall–Kier alpha value is -1.64. The van der Waals surface area contributed by atoms with Gasteiger partial charge in [-0.05, 0) is 52.5 Å². The second kappa shape index (κ2) is 7.07. The van der Waals surface area contributed by atoms with Crippen LogP contribution in [0.1, 0.15) is 76.6 Å². The van der Waals surface area contributed by atoms with Crippen LogP contribution in [0.25, 0.3) is 0 Å². The molecule has 0 bridgehead atoms. The van der Waals surface area contributed by atoms with Gasteiger partial charge < -0.3 is 10.4 Å². The first-order chi connectivity index (χ1) is 12.5. The van der Waals surface area contributed by atoms with Gasteiger partial charge in [-0.15, -0.1) is 0 Å². The number of nitrogens with one attached hydrogen (secondary N) is 1. The summed E-state index contributed by atoms with van der Waals surface area (Å²) in [6.45, 7) is 14.3. The zero-order valence-electron chi connectivity index (χ0n) is 17.8. The Balaban J connectivity index is 2.05. The first kappa shape index (κ1) is 20.1. The normalized spacial score (nSPS) is 18.7. The van der Waals surface area contributed by atoms with Crippen LogP contribution in [-0.2, 0) is 16.4 Å². The quantitative estimate of drug-likeness (QED) is 0.776. The second-order valence-electron chi connectivity index (χ2n) is 10.1. The molecule has 0 aliphatic carbocycles. The molecule has 3 rings (SSSR count). The van der Waals surface area contributed by atoms with Crippen LogP contribution in [0.5, 0.6) is 0 Å². The van der Waals surface area contributed by atoms with E-state index >= 15 is 0 Å². The fourth-order valence-corrected chi connectivity index (χ4v) is 4.06. The highest BCUT2D eigenvalue weighted by molar-refractivity contribution is 5.42. The lowest BCUT2D eigenvalue weighted by Crippen LogP contribution is -2.46. The van der Waals surface area contributed by atoms with E-state index in [1.807, 2.05) is 0 Å². The van der Waals surface area contributed by atoms with E-state index in [0.29, 0.717) is 0 Å². The topological polar surface area (TPSA) is 32.3 Å². The van der Waals surface area contributed by atoms with Gasteiger partial charge in [0.15, 0.2) is 0 Å². The van der Waals surface area contributed by atoms with Gasteiger partial charge in [0.2, 0.25) is 0 Å². The highest BCUT2D eigenvalue weighted by Crippen LogP contribution is 2.38. The van der Waals surface area contributed by atoms with Gasteiger partial charge in [-0.25, -0.2) is 0 Å². The average Bonchev–Trinajstić information content (AvgIpc) is 3.15. The van der Waals surface area contributed by atoms with Crippen LogP contribution in [0, 0.1) is 0 Å². The summed E-state index contributed by atoms with van der Waals surface area (Å²) in [6, 6.07) is 17.1. The van der Waals surface area contributed by atoms with Gasteiger partial charge in [0.25, 0.3) is 0 Å². The monoisotopic (exact) mass is 365 g/mol. The number of benzene rings is 2. The average molecular weight is 366 g/mol. The molecule has 146 valence electrons. The van der Waals surface area contributed by atoms with Crippen molar-refractivity contribution in [1.29, 1.82) is 0 Å². The maximum Gasteiger partial charge on any atom is 0.130 e. The van der Waals surface area contributed by atoms with Crippen LogP contribution in [-0.4, -0.2) is 17.7 Å². The van der Waals surface area contributed by atoms with Gasteiger partial charge in [-0.3, -0.25) is 0 Å². The van der Waals surface area contributed by atoms with Crippen molar-refractivity contribution >= 4 is 0 Å².